The fourth-order valence-electron chi connectivity index (χ4n) is 3.23. The lowest BCUT2D eigenvalue weighted by molar-refractivity contribution is 0.211. The molecule has 4 rings (SSSR count). The summed E-state index contributed by atoms with van der Waals surface area (Å²) in [5.41, 5.74) is 1.04. The number of likely N-dealkylation sites (tertiary alicyclic amines) is 1. The molecule has 0 spiro atoms. The summed E-state index contributed by atoms with van der Waals surface area (Å²) in [5, 5.41) is 6.72. The molecule has 1 aliphatic heterocycles. The van der Waals surface area contributed by atoms with Gasteiger partial charge in [-0.05, 0) is 42.0 Å². The Morgan fingerprint density at radius 2 is 2.08 bits per heavy atom. The maximum absolute atomic E-state index is 13.3. The van der Waals surface area contributed by atoms with Crippen molar-refractivity contribution in [1.82, 2.24) is 14.9 Å². The number of thiophene rings is 1. The summed E-state index contributed by atoms with van der Waals surface area (Å²) >= 11 is 1.64. The Hall–Kier alpha value is -2.05. The first-order valence-electron chi connectivity index (χ1n) is 8.19. The summed E-state index contributed by atoms with van der Waals surface area (Å²) in [6.07, 6.45) is 3.75. The van der Waals surface area contributed by atoms with Crippen LogP contribution in [0.5, 0.6) is 0 Å². The smallest absolute Gasteiger partial charge is 0.138 e. The van der Waals surface area contributed by atoms with Crippen molar-refractivity contribution in [3.63, 3.8) is 0 Å². The molecule has 0 saturated carbocycles. The largest absolute Gasteiger partial charge is 0.367 e. The van der Waals surface area contributed by atoms with Crippen molar-refractivity contribution in [2.75, 3.05) is 18.4 Å². The zero-order valence-electron chi connectivity index (χ0n) is 13.3. The molecule has 1 aliphatic rings. The van der Waals surface area contributed by atoms with Crippen molar-refractivity contribution in [3.05, 3.63) is 53.4 Å². The molecule has 2 aromatic heterocycles. The topological polar surface area (TPSA) is 41.0 Å². The van der Waals surface area contributed by atoms with E-state index < -0.39 is 0 Å². The number of nitrogens with zero attached hydrogens (tertiary/aromatic N) is 3. The molecule has 0 amide bonds. The van der Waals surface area contributed by atoms with E-state index in [-0.39, 0.29) is 5.82 Å². The Balaban J connectivity index is 1.35. The van der Waals surface area contributed by atoms with Crippen LogP contribution in [0.25, 0.3) is 10.2 Å². The molecule has 0 bridgehead atoms. The highest BCUT2D eigenvalue weighted by Gasteiger charge is 2.20. The fraction of sp³-hybridized carbons (Fsp3) is 0.333. The first-order valence-corrected chi connectivity index (χ1v) is 9.07. The average molecular weight is 342 g/mol. The molecule has 3 heterocycles. The van der Waals surface area contributed by atoms with Gasteiger partial charge in [0.1, 0.15) is 22.8 Å². The van der Waals surface area contributed by atoms with Crippen LogP contribution in [0.15, 0.2) is 42.0 Å². The molecular weight excluding hydrogens is 323 g/mol. The molecule has 6 heteroatoms. The van der Waals surface area contributed by atoms with Gasteiger partial charge < -0.3 is 5.32 Å². The van der Waals surface area contributed by atoms with Crippen LogP contribution in [0, 0.1) is 5.82 Å². The number of nitrogens with one attached hydrogen (secondary N) is 1. The molecule has 3 aromatic rings. The van der Waals surface area contributed by atoms with Crippen LogP contribution in [-0.2, 0) is 6.54 Å². The number of aromatic nitrogens is 2. The molecule has 0 atom stereocenters. The number of anilines is 1. The summed E-state index contributed by atoms with van der Waals surface area (Å²) in [5.74, 6) is 0.775. The molecular formula is C18H19FN4S. The molecule has 4 nitrogen and oxygen atoms in total. The highest BCUT2D eigenvalue weighted by molar-refractivity contribution is 7.16. The van der Waals surface area contributed by atoms with E-state index in [4.69, 9.17) is 0 Å². The Kier molecular flexibility index (Phi) is 4.40. The normalized spacial score (nSPS) is 16.5. The summed E-state index contributed by atoms with van der Waals surface area (Å²) in [6.45, 7) is 2.82. The minimum Gasteiger partial charge on any atom is -0.367 e. The van der Waals surface area contributed by atoms with E-state index in [0.29, 0.717) is 6.04 Å². The lowest BCUT2D eigenvalue weighted by atomic mass is 10.0. The van der Waals surface area contributed by atoms with Gasteiger partial charge in [-0.3, -0.25) is 4.90 Å². The summed E-state index contributed by atoms with van der Waals surface area (Å²) < 4.78 is 13.3. The van der Waals surface area contributed by atoms with Crippen molar-refractivity contribution >= 4 is 27.4 Å². The lowest BCUT2D eigenvalue weighted by Gasteiger charge is -2.32. The summed E-state index contributed by atoms with van der Waals surface area (Å²) in [6, 6.07) is 9.38. The highest BCUT2D eigenvalue weighted by atomic mass is 32.1. The van der Waals surface area contributed by atoms with Gasteiger partial charge >= 0.3 is 0 Å². The van der Waals surface area contributed by atoms with Gasteiger partial charge in [-0.25, -0.2) is 14.4 Å². The van der Waals surface area contributed by atoms with Gasteiger partial charge in [0.05, 0.1) is 5.39 Å². The van der Waals surface area contributed by atoms with Gasteiger partial charge in [0.15, 0.2) is 0 Å². The number of fused-ring (bicyclic) bond motifs is 1. The molecule has 24 heavy (non-hydrogen) atoms. The highest BCUT2D eigenvalue weighted by Crippen LogP contribution is 2.26. The van der Waals surface area contributed by atoms with Crippen molar-refractivity contribution in [2.45, 2.75) is 25.4 Å². The minimum atomic E-state index is -0.160. The maximum atomic E-state index is 13.3. The van der Waals surface area contributed by atoms with E-state index >= 15 is 0 Å². The molecule has 1 saturated heterocycles. The van der Waals surface area contributed by atoms with Crippen molar-refractivity contribution in [3.8, 4) is 0 Å². The van der Waals surface area contributed by atoms with E-state index in [1.54, 1.807) is 29.8 Å². The minimum absolute atomic E-state index is 0.160. The second-order valence-corrected chi connectivity index (χ2v) is 7.08. The van der Waals surface area contributed by atoms with E-state index in [1.165, 1.54) is 6.07 Å². The van der Waals surface area contributed by atoms with Gasteiger partial charge in [-0.1, -0.05) is 12.1 Å². The number of hydrogen-bond acceptors (Lipinski definition) is 5. The van der Waals surface area contributed by atoms with Crippen LogP contribution in [0.3, 0.4) is 0 Å². The second kappa shape index (κ2) is 6.83. The Bertz CT molecular complexity index is 827. The quantitative estimate of drug-likeness (QED) is 0.780. The number of hydrogen-bond donors (Lipinski definition) is 1. The summed E-state index contributed by atoms with van der Waals surface area (Å²) in [7, 11) is 0. The Labute approximate surface area is 144 Å². The maximum Gasteiger partial charge on any atom is 0.138 e. The molecule has 0 unspecified atom stereocenters. The number of rotatable bonds is 4. The van der Waals surface area contributed by atoms with Crippen LogP contribution in [0.2, 0.25) is 0 Å². The SMILES string of the molecule is Fc1cccc(CN2CCC(Nc3ncnc4sccc34)CC2)c1. The number of benzene rings is 1. The van der Waals surface area contributed by atoms with Crippen LogP contribution in [-0.4, -0.2) is 34.0 Å². The Morgan fingerprint density at radius 1 is 1.21 bits per heavy atom. The zero-order chi connectivity index (χ0) is 16.4. The third-order valence-electron chi connectivity index (χ3n) is 4.49. The van der Waals surface area contributed by atoms with Gasteiger partial charge in [0.25, 0.3) is 0 Å². The van der Waals surface area contributed by atoms with Crippen LogP contribution >= 0.6 is 11.3 Å². The third-order valence-corrected chi connectivity index (χ3v) is 5.31. The molecule has 1 N–H and O–H groups in total. The predicted octanol–water partition coefficient (Wildman–Crippen LogP) is 3.91. The van der Waals surface area contributed by atoms with Gasteiger partial charge in [-0.2, -0.15) is 0 Å². The van der Waals surface area contributed by atoms with E-state index in [1.807, 2.05) is 11.4 Å². The standard InChI is InChI=1S/C18H19FN4S/c19-14-3-1-2-13(10-14)11-23-7-4-15(5-8-23)22-17-16-6-9-24-18(16)21-12-20-17/h1-3,6,9-10,12,15H,4-5,7-8,11H2,(H,20,21,22). The molecule has 1 aromatic carbocycles. The van der Waals surface area contributed by atoms with Crippen LogP contribution < -0.4 is 5.32 Å². The van der Waals surface area contributed by atoms with Crippen molar-refractivity contribution < 1.29 is 4.39 Å². The predicted molar refractivity (Wildman–Crippen MR) is 95.7 cm³/mol. The first kappa shape index (κ1) is 15.5. The van der Waals surface area contributed by atoms with Gasteiger partial charge in [0.2, 0.25) is 0 Å². The van der Waals surface area contributed by atoms with Crippen LogP contribution in [0.1, 0.15) is 18.4 Å². The van der Waals surface area contributed by atoms with Crippen molar-refractivity contribution in [1.29, 1.82) is 0 Å². The van der Waals surface area contributed by atoms with Gasteiger partial charge in [0, 0.05) is 25.7 Å². The fourth-order valence-corrected chi connectivity index (χ4v) is 3.96. The van der Waals surface area contributed by atoms with Crippen LogP contribution in [0.4, 0.5) is 10.2 Å². The number of piperidine rings is 1. The molecule has 1 fully saturated rings. The molecule has 0 aliphatic carbocycles. The van der Waals surface area contributed by atoms with Gasteiger partial charge in [-0.15, -0.1) is 11.3 Å². The Morgan fingerprint density at radius 3 is 2.92 bits per heavy atom. The zero-order valence-corrected chi connectivity index (χ0v) is 14.1. The second-order valence-electron chi connectivity index (χ2n) is 6.19. The monoisotopic (exact) mass is 342 g/mol. The third kappa shape index (κ3) is 3.39. The van der Waals surface area contributed by atoms with E-state index in [0.717, 1.165) is 54.1 Å². The van der Waals surface area contributed by atoms with E-state index in [2.05, 4.69) is 26.3 Å². The van der Waals surface area contributed by atoms with Crippen molar-refractivity contribution in [2.24, 2.45) is 0 Å². The first-order chi connectivity index (χ1) is 11.8. The lowest BCUT2D eigenvalue weighted by Crippen LogP contribution is -2.38. The van der Waals surface area contributed by atoms with E-state index in [9.17, 15) is 4.39 Å². The number of halogens is 1. The summed E-state index contributed by atoms with van der Waals surface area (Å²) in [4.78, 5) is 12.1. The molecule has 0 radical (unpaired) electrons. The average Bonchev–Trinajstić information content (AvgIpc) is 3.06. The molecule has 124 valence electrons.